The lowest BCUT2D eigenvalue weighted by Crippen LogP contribution is -2.08. The maximum atomic E-state index is 12.9. The normalized spacial score (nSPS) is 11.8. The molecule has 1 N–H and O–H groups in total. The number of esters is 2. The molecule has 2 aromatic heterocycles. The highest BCUT2D eigenvalue weighted by Crippen LogP contribution is 2.33. The molecule has 0 aliphatic heterocycles. The average Bonchev–Trinajstić information content (AvgIpc) is 3.76. The molecule has 0 saturated heterocycles. The van der Waals surface area contributed by atoms with Gasteiger partial charge in [-0.05, 0) is 59.7 Å². The Morgan fingerprint density at radius 3 is 1.57 bits per heavy atom. The van der Waals surface area contributed by atoms with Gasteiger partial charge in [0, 0.05) is 37.0 Å². The van der Waals surface area contributed by atoms with Crippen molar-refractivity contribution in [1.82, 2.24) is 0 Å². The van der Waals surface area contributed by atoms with Crippen molar-refractivity contribution >= 4 is 72.7 Å². The molecular weight excluding hydrogens is 661 g/mol. The van der Waals surface area contributed by atoms with Gasteiger partial charge in [-0.2, -0.15) is 0 Å². The SMILES string of the molecule is COc1cc(/C=C/C(=O)/C=C(O)/C=C/c2ccc(OC(=O)c3csc4ccccc34)c(OC)c2)ccc1OC(=O)c1csc2ccccc12. The van der Waals surface area contributed by atoms with Gasteiger partial charge in [0.05, 0.1) is 25.3 Å². The first-order chi connectivity index (χ1) is 23.8. The van der Waals surface area contributed by atoms with Gasteiger partial charge in [-0.1, -0.05) is 60.7 Å². The van der Waals surface area contributed by atoms with Gasteiger partial charge in [0.2, 0.25) is 0 Å². The molecule has 244 valence electrons. The number of methoxy groups -OCH3 is 2. The molecule has 2 heterocycles. The molecule has 4 aromatic carbocycles. The summed E-state index contributed by atoms with van der Waals surface area (Å²) in [7, 11) is 2.92. The van der Waals surface area contributed by atoms with Gasteiger partial charge in [0.15, 0.2) is 28.8 Å². The van der Waals surface area contributed by atoms with Crippen molar-refractivity contribution in [2.45, 2.75) is 0 Å². The molecule has 0 spiro atoms. The Labute approximate surface area is 289 Å². The molecule has 6 aromatic rings. The van der Waals surface area contributed by atoms with E-state index in [1.807, 2.05) is 48.5 Å². The highest BCUT2D eigenvalue weighted by molar-refractivity contribution is 7.17. The fourth-order valence-electron chi connectivity index (χ4n) is 4.93. The molecule has 8 nitrogen and oxygen atoms in total. The minimum Gasteiger partial charge on any atom is -0.508 e. The van der Waals surface area contributed by atoms with Gasteiger partial charge in [0.25, 0.3) is 0 Å². The number of ketones is 1. The Morgan fingerprint density at radius 1 is 0.612 bits per heavy atom. The van der Waals surface area contributed by atoms with Crippen LogP contribution in [0.3, 0.4) is 0 Å². The molecule has 0 radical (unpaired) electrons. The molecule has 0 amide bonds. The summed E-state index contributed by atoms with van der Waals surface area (Å²) in [5, 5.41) is 15.5. The van der Waals surface area contributed by atoms with Gasteiger partial charge in [-0.25, -0.2) is 9.59 Å². The average molecular weight is 689 g/mol. The molecule has 0 atom stereocenters. The highest BCUT2D eigenvalue weighted by atomic mass is 32.1. The van der Waals surface area contributed by atoms with Crippen LogP contribution in [0.25, 0.3) is 32.3 Å². The molecule has 0 aliphatic rings. The number of allylic oxidation sites excluding steroid dienone is 3. The van der Waals surface area contributed by atoms with E-state index < -0.39 is 17.7 Å². The number of benzene rings is 4. The van der Waals surface area contributed by atoms with Crippen molar-refractivity contribution in [2.75, 3.05) is 14.2 Å². The zero-order chi connectivity index (χ0) is 34.3. The number of carbonyl (C=O) groups excluding carboxylic acids is 3. The van der Waals surface area contributed by atoms with E-state index in [-0.39, 0.29) is 17.3 Å². The quantitative estimate of drug-likeness (QED) is 0.0472. The predicted octanol–water partition coefficient (Wildman–Crippen LogP) is 9.31. The van der Waals surface area contributed by atoms with Crippen LogP contribution in [-0.4, -0.2) is 37.0 Å². The molecule has 10 heteroatoms. The van der Waals surface area contributed by atoms with Crippen LogP contribution in [0.2, 0.25) is 0 Å². The highest BCUT2D eigenvalue weighted by Gasteiger charge is 2.18. The number of thiophene rings is 2. The van der Waals surface area contributed by atoms with Crippen LogP contribution < -0.4 is 18.9 Å². The number of aliphatic hydroxyl groups excluding tert-OH is 1. The Hall–Kier alpha value is -5.97. The van der Waals surface area contributed by atoms with Gasteiger partial charge in [-0.3, -0.25) is 4.79 Å². The second-order valence-electron chi connectivity index (χ2n) is 10.5. The molecule has 0 saturated carbocycles. The molecule has 0 aliphatic carbocycles. The topological polar surface area (TPSA) is 108 Å². The fourth-order valence-corrected chi connectivity index (χ4v) is 6.79. The number of hydrogen-bond donors (Lipinski definition) is 1. The van der Waals surface area contributed by atoms with E-state index in [1.165, 1.54) is 49.0 Å². The maximum absolute atomic E-state index is 12.9. The zero-order valence-corrected chi connectivity index (χ0v) is 27.9. The summed E-state index contributed by atoms with van der Waals surface area (Å²) in [6.07, 6.45) is 6.88. The minimum absolute atomic E-state index is 0.243. The summed E-state index contributed by atoms with van der Waals surface area (Å²) in [5.74, 6) is -0.577. The lowest BCUT2D eigenvalue weighted by Gasteiger charge is -2.10. The largest absolute Gasteiger partial charge is 0.508 e. The number of hydrogen-bond acceptors (Lipinski definition) is 10. The van der Waals surface area contributed by atoms with E-state index in [2.05, 4.69) is 0 Å². The van der Waals surface area contributed by atoms with Gasteiger partial charge in [0.1, 0.15) is 5.76 Å². The standard InChI is InChI=1S/C39H28O8S2/c1-44-34-19-24(13-17-32(34)46-38(42)30-22-48-36-9-5-3-7-28(30)36)11-15-26(40)21-27(41)16-12-25-14-18-33(35(20-25)45-2)47-39(43)31-23-49-37-10-6-4-8-29(31)37/h3-23,40H,1-2H3/b15-11+,16-12+,26-21-. The smallest absolute Gasteiger partial charge is 0.345 e. The number of aliphatic hydroxyl groups is 1. The van der Waals surface area contributed by atoms with Crippen molar-refractivity contribution in [3.8, 4) is 23.0 Å². The predicted molar refractivity (Wildman–Crippen MR) is 193 cm³/mol. The summed E-state index contributed by atoms with van der Waals surface area (Å²) in [5.41, 5.74) is 2.20. The Balaban J connectivity index is 1.07. The summed E-state index contributed by atoms with van der Waals surface area (Å²) < 4.78 is 24.1. The van der Waals surface area contributed by atoms with Crippen molar-refractivity contribution in [3.05, 3.63) is 142 Å². The summed E-state index contributed by atoms with van der Waals surface area (Å²) in [6.45, 7) is 0. The number of rotatable bonds is 11. The van der Waals surface area contributed by atoms with E-state index in [9.17, 15) is 19.5 Å². The third-order valence-corrected chi connectivity index (χ3v) is 9.29. The monoisotopic (exact) mass is 688 g/mol. The van der Waals surface area contributed by atoms with Gasteiger partial charge in [-0.15, -0.1) is 22.7 Å². The first kappa shape index (κ1) is 33.0. The third kappa shape index (κ3) is 7.62. The van der Waals surface area contributed by atoms with E-state index in [4.69, 9.17) is 18.9 Å². The maximum Gasteiger partial charge on any atom is 0.345 e. The van der Waals surface area contributed by atoms with Crippen LogP contribution in [0, 0.1) is 0 Å². The molecular formula is C39H28O8S2. The van der Waals surface area contributed by atoms with Crippen LogP contribution in [0.15, 0.2) is 120 Å². The summed E-state index contributed by atoms with van der Waals surface area (Å²) >= 11 is 2.93. The Morgan fingerprint density at radius 2 is 1.08 bits per heavy atom. The van der Waals surface area contributed by atoms with Crippen LogP contribution in [0.1, 0.15) is 31.8 Å². The number of fused-ring (bicyclic) bond motifs is 2. The Kier molecular flexibility index (Phi) is 9.99. The van der Waals surface area contributed by atoms with Crippen molar-refractivity contribution in [1.29, 1.82) is 0 Å². The van der Waals surface area contributed by atoms with Crippen molar-refractivity contribution in [2.24, 2.45) is 0 Å². The molecule has 0 fully saturated rings. The lowest BCUT2D eigenvalue weighted by atomic mass is 10.1. The molecule has 6 rings (SSSR count). The molecule has 0 bridgehead atoms. The first-order valence-corrected chi connectivity index (χ1v) is 16.6. The first-order valence-electron chi connectivity index (χ1n) is 14.9. The van der Waals surface area contributed by atoms with E-state index in [1.54, 1.807) is 59.3 Å². The minimum atomic E-state index is -0.497. The second kappa shape index (κ2) is 14.8. The van der Waals surface area contributed by atoms with Crippen LogP contribution in [-0.2, 0) is 4.79 Å². The van der Waals surface area contributed by atoms with Crippen molar-refractivity contribution in [3.63, 3.8) is 0 Å². The van der Waals surface area contributed by atoms with Gasteiger partial charge >= 0.3 is 11.9 Å². The fraction of sp³-hybridized carbons (Fsp3) is 0.0513. The number of carbonyl (C=O) groups is 3. The van der Waals surface area contributed by atoms with Crippen LogP contribution in [0.5, 0.6) is 23.0 Å². The van der Waals surface area contributed by atoms with Crippen molar-refractivity contribution < 1.29 is 38.4 Å². The third-order valence-electron chi connectivity index (χ3n) is 7.36. The molecule has 49 heavy (non-hydrogen) atoms. The summed E-state index contributed by atoms with van der Waals surface area (Å²) in [6, 6.07) is 25.0. The second-order valence-corrected chi connectivity index (χ2v) is 12.4. The Bertz CT molecular complexity index is 2290. The van der Waals surface area contributed by atoms with E-state index >= 15 is 0 Å². The summed E-state index contributed by atoms with van der Waals surface area (Å²) in [4.78, 5) is 38.3. The van der Waals surface area contributed by atoms with E-state index in [0.717, 1.165) is 26.2 Å². The van der Waals surface area contributed by atoms with E-state index in [0.29, 0.717) is 33.8 Å². The van der Waals surface area contributed by atoms with Gasteiger partial charge < -0.3 is 24.1 Å². The number of ether oxygens (including phenoxy) is 4. The molecule has 0 unspecified atom stereocenters. The lowest BCUT2D eigenvalue weighted by molar-refractivity contribution is -0.110. The van der Waals surface area contributed by atoms with Crippen LogP contribution in [0.4, 0.5) is 0 Å². The zero-order valence-electron chi connectivity index (χ0n) is 26.2. The van der Waals surface area contributed by atoms with Crippen LogP contribution >= 0.6 is 22.7 Å².